The van der Waals surface area contributed by atoms with Gasteiger partial charge in [-0.1, -0.05) is 16.8 Å². The van der Waals surface area contributed by atoms with Crippen LogP contribution in [-0.4, -0.2) is 17.0 Å². The van der Waals surface area contributed by atoms with Crippen LogP contribution >= 0.6 is 23.2 Å². The van der Waals surface area contributed by atoms with Gasteiger partial charge in [0.2, 0.25) is 0 Å². The third-order valence-corrected chi connectivity index (χ3v) is 2.95. The van der Waals surface area contributed by atoms with Crippen LogP contribution in [0.2, 0.25) is 10.2 Å². The number of nitrogens with one attached hydrogen (secondary N) is 1. The highest BCUT2D eigenvalue weighted by Gasteiger charge is 2.13. The van der Waals surface area contributed by atoms with Crippen LogP contribution in [0.4, 0.5) is 5.69 Å². The van der Waals surface area contributed by atoms with Gasteiger partial charge in [0, 0.05) is 5.56 Å². The van der Waals surface area contributed by atoms with Crippen LogP contribution in [0.25, 0.3) is 0 Å². The number of halogens is 2. The summed E-state index contributed by atoms with van der Waals surface area (Å²) in [5.74, 6) is -0.575. The predicted molar refractivity (Wildman–Crippen MR) is 75.6 cm³/mol. The third-order valence-electron chi connectivity index (χ3n) is 2.42. The smallest absolute Gasteiger partial charge is 0.291 e. The summed E-state index contributed by atoms with van der Waals surface area (Å²) in [5, 5.41) is 14.4. The number of hydrogen-bond acceptors (Lipinski definition) is 4. The third kappa shape index (κ3) is 3.04. The number of amides is 1. The molecule has 1 aromatic heterocycles. The highest BCUT2D eigenvalue weighted by molar-refractivity contribution is 6.34. The standard InChI is InChI=1S/C12H9Cl2N3O3/c13-7-2-1-6(11(15)17-19)5-8(7)16-12(18)9-3-4-10(14)20-9/h1-5,19H,(H2,15,17)(H,16,18). The van der Waals surface area contributed by atoms with Gasteiger partial charge in [-0.05, 0) is 41.9 Å². The molecule has 0 unspecified atom stereocenters. The molecule has 0 aliphatic carbocycles. The molecule has 0 aliphatic heterocycles. The summed E-state index contributed by atoms with van der Waals surface area (Å²) in [7, 11) is 0. The van der Waals surface area contributed by atoms with Gasteiger partial charge < -0.3 is 20.7 Å². The van der Waals surface area contributed by atoms with E-state index < -0.39 is 5.91 Å². The maximum Gasteiger partial charge on any atom is 0.291 e. The van der Waals surface area contributed by atoms with E-state index in [0.717, 1.165) is 0 Å². The van der Waals surface area contributed by atoms with E-state index in [9.17, 15) is 4.79 Å². The molecule has 104 valence electrons. The number of nitrogens with two attached hydrogens (primary N) is 1. The summed E-state index contributed by atoms with van der Waals surface area (Å²) in [6.45, 7) is 0. The molecule has 2 rings (SSSR count). The van der Waals surface area contributed by atoms with E-state index >= 15 is 0 Å². The van der Waals surface area contributed by atoms with E-state index in [2.05, 4.69) is 10.5 Å². The van der Waals surface area contributed by atoms with Crippen molar-refractivity contribution in [3.05, 3.63) is 51.9 Å². The summed E-state index contributed by atoms with van der Waals surface area (Å²) >= 11 is 11.6. The van der Waals surface area contributed by atoms with Crippen LogP contribution in [0.5, 0.6) is 0 Å². The topological polar surface area (TPSA) is 101 Å². The lowest BCUT2D eigenvalue weighted by Gasteiger charge is -2.07. The van der Waals surface area contributed by atoms with Crippen LogP contribution in [0.15, 0.2) is 39.9 Å². The zero-order valence-corrected chi connectivity index (χ0v) is 11.4. The number of amidine groups is 1. The van der Waals surface area contributed by atoms with Crippen molar-refractivity contribution in [2.45, 2.75) is 0 Å². The Hall–Kier alpha value is -2.18. The van der Waals surface area contributed by atoms with Gasteiger partial charge in [-0.25, -0.2) is 0 Å². The molecule has 4 N–H and O–H groups in total. The van der Waals surface area contributed by atoms with E-state index in [0.29, 0.717) is 16.3 Å². The number of furan rings is 1. The zero-order valence-electron chi connectivity index (χ0n) is 9.93. The fourth-order valence-corrected chi connectivity index (χ4v) is 1.77. The van der Waals surface area contributed by atoms with Gasteiger partial charge in [0.1, 0.15) is 0 Å². The number of nitrogens with zero attached hydrogens (tertiary/aromatic N) is 1. The molecular weight excluding hydrogens is 305 g/mol. The average Bonchev–Trinajstić information content (AvgIpc) is 2.87. The van der Waals surface area contributed by atoms with Crippen molar-refractivity contribution < 1.29 is 14.4 Å². The molecule has 0 bridgehead atoms. The normalized spacial score (nSPS) is 11.4. The number of anilines is 1. The quantitative estimate of drug-likeness (QED) is 0.351. The molecule has 1 heterocycles. The van der Waals surface area contributed by atoms with Crippen molar-refractivity contribution in [1.29, 1.82) is 0 Å². The second-order valence-corrected chi connectivity index (χ2v) is 4.52. The Bertz CT molecular complexity index is 682. The lowest BCUT2D eigenvalue weighted by Crippen LogP contribution is -2.15. The minimum Gasteiger partial charge on any atom is -0.440 e. The first kappa shape index (κ1) is 14.2. The Kier molecular flexibility index (Phi) is 4.16. The molecule has 20 heavy (non-hydrogen) atoms. The van der Waals surface area contributed by atoms with Crippen molar-refractivity contribution >= 4 is 40.6 Å². The molecule has 0 aliphatic rings. The van der Waals surface area contributed by atoms with Gasteiger partial charge >= 0.3 is 0 Å². The van der Waals surface area contributed by atoms with Crippen molar-refractivity contribution in [1.82, 2.24) is 0 Å². The Morgan fingerprint density at radius 3 is 2.65 bits per heavy atom. The summed E-state index contributed by atoms with van der Waals surface area (Å²) in [4.78, 5) is 11.9. The highest BCUT2D eigenvalue weighted by Crippen LogP contribution is 2.24. The van der Waals surface area contributed by atoms with Gasteiger partial charge in [-0.15, -0.1) is 0 Å². The zero-order chi connectivity index (χ0) is 14.7. The van der Waals surface area contributed by atoms with Gasteiger partial charge in [0.15, 0.2) is 16.8 Å². The minimum absolute atomic E-state index is 0.0419. The van der Waals surface area contributed by atoms with Gasteiger partial charge in [-0.2, -0.15) is 0 Å². The Morgan fingerprint density at radius 2 is 2.05 bits per heavy atom. The number of carbonyl (C=O) groups is 1. The molecule has 0 saturated carbocycles. The van der Waals surface area contributed by atoms with Crippen LogP contribution in [0.3, 0.4) is 0 Å². The number of rotatable bonds is 3. The second kappa shape index (κ2) is 5.85. The van der Waals surface area contributed by atoms with E-state index in [4.69, 9.17) is 38.6 Å². The molecule has 2 aromatic rings. The van der Waals surface area contributed by atoms with Crippen molar-refractivity contribution in [3.8, 4) is 0 Å². The number of carbonyl (C=O) groups excluding carboxylic acids is 1. The lowest BCUT2D eigenvalue weighted by atomic mass is 10.2. The molecule has 0 spiro atoms. The minimum atomic E-state index is -0.518. The second-order valence-electron chi connectivity index (χ2n) is 3.74. The molecule has 0 radical (unpaired) electrons. The van der Waals surface area contributed by atoms with Crippen LogP contribution < -0.4 is 11.1 Å². The van der Waals surface area contributed by atoms with Gasteiger partial charge in [0.05, 0.1) is 10.7 Å². The van der Waals surface area contributed by atoms with E-state index in [1.807, 2.05) is 0 Å². The van der Waals surface area contributed by atoms with Gasteiger partial charge in [0.25, 0.3) is 5.91 Å². The lowest BCUT2D eigenvalue weighted by molar-refractivity contribution is 0.0997. The highest BCUT2D eigenvalue weighted by atomic mass is 35.5. The summed E-state index contributed by atoms with van der Waals surface area (Å²) in [6, 6.07) is 7.42. The molecule has 0 saturated heterocycles. The summed E-state index contributed by atoms with van der Waals surface area (Å²) in [5.41, 5.74) is 6.17. The van der Waals surface area contributed by atoms with Crippen LogP contribution in [0.1, 0.15) is 16.1 Å². The van der Waals surface area contributed by atoms with Crippen LogP contribution in [-0.2, 0) is 0 Å². The Balaban J connectivity index is 2.26. The predicted octanol–water partition coefficient (Wildman–Crippen LogP) is 2.93. The molecule has 8 heteroatoms. The fourth-order valence-electron chi connectivity index (χ4n) is 1.46. The summed E-state index contributed by atoms with van der Waals surface area (Å²) < 4.78 is 4.98. The summed E-state index contributed by atoms with van der Waals surface area (Å²) in [6.07, 6.45) is 0. The first-order chi connectivity index (χ1) is 9.51. The molecule has 6 nitrogen and oxygen atoms in total. The average molecular weight is 314 g/mol. The largest absolute Gasteiger partial charge is 0.440 e. The fraction of sp³-hybridized carbons (Fsp3) is 0. The molecule has 0 atom stereocenters. The maximum absolute atomic E-state index is 11.9. The van der Waals surface area contributed by atoms with Crippen molar-refractivity contribution in [3.63, 3.8) is 0 Å². The molecule has 1 aromatic carbocycles. The number of hydrogen-bond donors (Lipinski definition) is 3. The van der Waals surface area contributed by atoms with Gasteiger partial charge in [-0.3, -0.25) is 4.79 Å². The molecule has 1 amide bonds. The molecular formula is C12H9Cl2N3O3. The number of benzene rings is 1. The van der Waals surface area contributed by atoms with Crippen molar-refractivity contribution in [2.75, 3.05) is 5.32 Å². The first-order valence-electron chi connectivity index (χ1n) is 5.35. The Labute approximate surface area is 123 Å². The first-order valence-corrected chi connectivity index (χ1v) is 6.11. The Morgan fingerprint density at radius 1 is 1.30 bits per heavy atom. The van der Waals surface area contributed by atoms with Crippen molar-refractivity contribution in [2.24, 2.45) is 10.9 Å². The maximum atomic E-state index is 11.9. The van der Waals surface area contributed by atoms with E-state index in [-0.39, 0.29) is 16.8 Å². The van der Waals surface area contributed by atoms with Crippen LogP contribution in [0, 0.1) is 0 Å². The SMILES string of the molecule is N/C(=N/O)c1ccc(Cl)c(NC(=O)c2ccc(Cl)o2)c1. The van der Waals surface area contributed by atoms with E-state index in [1.54, 1.807) is 6.07 Å². The molecule has 0 fully saturated rings. The number of oxime groups is 1. The van der Waals surface area contributed by atoms with E-state index in [1.165, 1.54) is 24.3 Å². The monoisotopic (exact) mass is 313 g/mol.